The number of methoxy groups -OCH3 is 3. The van der Waals surface area contributed by atoms with Crippen LogP contribution in [0.5, 0.6) is 23.0 Å². The van der Waals surface area contributed by atoms with Gasteiger partial charge in [-0.25, -0.2) is 0 Å². The van der Waals surface area contributed by atoms with Crippen molar-refractivity contribution in [2.45, 2.75) is 71.1 Å². The fourth-order valence-corrected chi connectivity index (χ4v) is 4.30. The highest BCUT2D eigenvalue weighted by molar-refractivity contribution is 6.11. The molecule has 222 valence electrons. The molecule has 2 rings (SSSR count). The molecule has 0 aliphatic carbocycles. The van der Waals surface area contributed by atoms with Gasteiger partial charge in [0.05, 0.1) is 0 Å². The Morgan fingerprint density at radius 3 is 1.90 bits per heavy atom. The quantitative estimate of drug-likeness (QED) is 0.0696. The molecule has 0 aliphatic rings. The van der Waals surface area contributed by atoms with E-state index in [-0.39, 0.29) is 37.4 Å². The topological polar surface area (TPSA) is 92.7 Å². The van der Waals surface area contributed by atoms with Gasteiger partial charge in [0.1, 0.15) is 28.6 Å². The maximum atomic E-state index is 13.4. The standard InChI is InChI=1S/C32H46O8/c1-5-6-7-8-9-10-11-12-13-14-27-29(39-23-36-3)21-30(40-24-37-4)31(32(27)34)28(33)20-17-25-15-18-26(19-16-25)38-22-35-2/h15-21,34H,5-14,22-24H2,1-4H3/b20-17+. The Kier molecular flexibility index (Phi) is 16.5. The maximum absolute atomic E-state index is 13.4. The minimum atomic E-state index is -0.394. The van der Waals surface area contributed by atoms with Crippen LogP contribution in [0.2, 0.25) is 0 Å². The largest absolute Gasteiger partial charge is 0.507 e. The summed E-state index contributed by atoms with van der Waals surface area (Å²) in [7, 11) is 4.57. The van der Waals surface area contributed by atoms with E-state index in [4.69, 9.17) is 28.4 Å². The first kappa shape index (κ1) is 33.1. The number of rotatable bonds is 22. The second-order valence-electron chi connectivity index (χ2n) is 9.57. The summed E-state index contributed by atoms with van der Waals surface area (Å²) >= 11 is 0. The number of ether oxygens (including phenoxy) is 6. The first-order valence-corrected chi connectivity index (χ1v) is 14.1. The number of hydrogen-bond acceptors (Lipinski definition) is 8. The van der Waals surface area contributed by atoms with E-state index in [0.717, 1.165) is 24.8 Å². The molecule has 0 aliphatic heterocycles. The molecule has 40 heavy (non-hydrogen) atoms. The Hall–Kier alpha value is -3.07. The minimum absolute atomic E-state index is 0.00516. The first-order valence-electron chi connectivity index (χ1n) is 14.1. The summed E-state index contributed by atoms with van der Waals surface area (Å²) in [4.78, 5) is 13.4. The van der Waals surface area contributed by atoms with Crippen molar-refractivity contribution in [1.82, 2.24) is 0 Å². The van der Waals surface area contributed by atoms with Gasteiger partial charge in [-0.2, -0.15) is 0 Å². The van der Waals surface area contributed by atoms with E-state index in [1.165, 1.54) is 58.8 Å². The van der Waals surface area contributed by atoms with Crippen LogP contribution >= 0.6 is 0 Å². The summed E-state index contributed by atoms with van der Waals surface area (Å²) in [5.41, 5.74) is 1.44. The van der Waals surface area contributed by atoms with Gasteiger partial charge in [-0.15, -0.1) is 0 Å². The number of hydrogen-bond donors (Lipinski definition) is 1. The van der Waals surface area contributed by atoms with E-state index >= 15 is 0 Å². The molecule has 8 nitrogen and oxygen atoms in total. The van der Waals surface area contributed by atoms with Gasteiger partial charge in [-0.05, 0) is 36.6 Å². The van der Waals surface area contributed by atoms with Crippen LogP contribution in [-0.2, 0) is 20.6 Å². The summed E-state index contributed by atoms with van der Waals surface area (Å²) in [5, 5.41) is 11.3. The predicted octanol–water partition coefficient (Wildman–Crippen LogP) is 7.31. The van der Waals surface area contributed by atoms with Crippen molar-refractivity contribution in [1.29, 1.82) is 0 Å². The predicted molar refractivity (Wildman–Crippen MR) is 156 cm³/mol. The lowest BCUT2D eigenvalue weighted by molar-refractivity contribution is 0.0448. The number of allylic oxidation sites excluding steroid dienone is 1. The van der Waals surface area contributed by atoms with Crippen molar-refractivity contribution >= 4 is 11.9 Å². The van der Waals surface area contributed by atoms with Gasteiger partial charge in [-0.1, -0.05) is 76.5 Å². The molecule has 2 aromatic rings. The Morgan fingerprint density at radius 1 is 0.750 bits per heavy atom. The number of carbonyl (C=O) groups is 1. The molecule has 0 amide bonds. The van der Waals surface area contributed by atoms with Gasteiger partial charge < -0.3 is 33.5 Å². The zero-order chi connectivity index (χ0) is 29.0. The van der Waals surface area contributed by atoms with Crippen molar-refractivity contribution in [3.8, 4) is 23.0 Å². The summed E-state index contributed by atoms with van der Waals surface area (Å²) in [6, 6.07) is 8.86. The maximum Gasteiger partial charge on any atom is 0.193 e. The highest BCUT2D eigenvalue weighted by Gasteiger charge is 2.24. The van der Waals surface area contributed by atoms with Crippen LogP contribution in [-0.4, -0.2) is 52.6 Å². The molecule has 2 aromatic carbocycles. The highest BCUT2D eigenvalue weighted by Crippen LogP contribution is 2.40. The van der Waals surface area contributed by atoms with Gasteiger partial charge in [0, 0.05) is 33.0 Å². The number of carbonyl (C=O) groups excluding carboxylic acids is 1. The van der Waals surface area contributed by atoms with E-state index in [1.807, 2.05) is 12.1 Å². The molecule has 1 N–H and O–H groups in total. The summed E-state index contributed by atoms with van der Waals surface area (Å²) in [6.07, 6.45) is 14.3. The zero-order valence-electron chi connectivity index (χ0n) is 24.5. The van der Waals surface area contributed by atoms with Gasteiger partial charge in [0.2, 0.25) is 0 Å². The number of benzene rings is 2. The molecular weight excluding hydrogens is 512 g/mol. The Morgan fingerprint density at radius 2 is 1.30 bits per heavy atom. The van der Waals surface area contributed by atoms with Crippen LogP contribution in [0.25, 0.3) is 6.08 Å². The molecular formula is C32H46O8. The van der Waals surface area contributed by atoms with Crippen LogP contribution in [0.15, 0.2) is 36.4 Å². The second-order valence-corrected chi connectivity index (χ2v) is 9.57. The SMILES string of the molecule is CCCCCCCCCCCc1c(OCOC)cc(OCOC)c(C(=O)/C=C/c2ccc(OCOC)cc2)c1O. The zero-order valence-corrected chi connectivity index (χ0v) is 24.5. The first-order chi connectivity index (χ1) is 19.5. The van der Waals surface area contributed by atoms with Crippen molar-refractivity contribution in [2.75, 3.05) is 41.7 Å². The summed E-state index contributed by atoms with van der Waals surface area (Å²) in [5.74, 6) is 0.731. The average molecular weight is 559 g/mol. The molecule has 0 heterocycles. The molecule has 0 saturated heterocycles. The van der Waals surface area contributed by atoms with E-state index < -0.39 is 5.78 Å². The minimum Gasteiger partial charge on any atom is -0.507 e. The molecule has 0 atom stereocenters. The van der Waals surface area contributed by atoms with Crippen LogP contribution < -0.4 is 14.2 Å². The van der Waals surface area contributed by atoms with Crippen molar-refractivity contribution in [3.63, 3.8) is 0 Å². The lowest BCUT2D eigenvalue weighted by atomic mass is 9.97. The third-order valence-electron chi connectivity index (χ3n) is 6.42. The van der Waals surface area contributed by atoms with Crippen LogP contribution in [0.3, 0.4) is 0 Å². The second kappa shape index (κ2) is 19.9. The summed E-state index contributed by atoms with van der Waals surface area (Å²) < 4.78 is 31.9. The van der Waals surface area contributed by atoms with Crippen LogP contribution in [0, 0.1) is 0 Å². The molecule has 0 unspecified atom stereocenters. The number of aromatic hydroxyl groups is 1. The molecule has 0 spiro atoms. The van der Waals surface area contributed by atoms with Crippen molar-refractivity contribution < 1.29 is 38.3 Å². The van der Waals surface area contributed by atoms with E-state index in [0.29, 0.717) is 23.5 Å². The summed E-state index contributed by atoms with van der Waals surface area (Å²) in [6.45, 7) is 2.30. The molecule has 0 fully saturated rings. The fraction of sp³-hybridized carbons (Fsp3) is 0.531. The van der Waals surface area contributed by atoms with E-state index in [9.17, 15) is 9.90 Å². The third-order valence-corrected chi connectivity index (χ3v) is 6.42. The molecule has 0 bridgehead atoms. The van der Waals surface area contributed by atoms with Gasteiger partial charge >= 0.3 is 0 Å². The third kappa shape index (κ3) is 11.6. The smallest absolute Gasteiger partial charge is 0.193 e. The van der Waals surface area contributed by atoms with Crippen LogP contribution in [0.4, 0.5) is 0 Å². The normalized spacial score (nSPS) is 11.2. The molecule has 0 radical (unpaired) electrons. The van der Waals surface area contributed by atoms with Crippen molar-refractivity contribution in [2.24, 2.45) is 0 Å². The number of unbranched alkanes of at least 4 members (excludes halogenated alkanes) is 8. The molecule has 0 saturated carbocycles. The van der Waals surface area contributed by atoms with Gasteiger partial charge in [0.15, 0.2) is 26.2 Å². The molecule has 0 aromatic heterocycles. The highest BCUT2D eigenvalue weighted by atomic mass is 16.7. The fourth-order valence-electron chi connectivity index (χ4n) is 4.30. The lowest BCUT2D eigenvalue weighted by Gasteiger charge is -2.18. The van der Waals surface area contributed by atoms with Gasteiger partial charge in [0.25, 0.3) is 0 Å². The average Bonchev–Trinajstić information content (AvgIpc) is 2.97. The Labute approximate surface area is 239 Å². The Bertz CT molecular complexity index is 1020. The van der Waals surface area contributed by atoms with Gasteiger partial charge in [-0.3, -0.25) is 4.79 Å². The molecule has 8 heteroatoms. The van der Waals surface area contributed by atoms with E-state index in [1.54, 1.807) is 31.4 Å². The lowest BCUT2D eigenvalue weighted by Crippen LogP contribution is -2.09. The van der Waals surface area contributed by atoms with Crippen molar-refractivity contribution in [3.05, 3.63) is 53.1 Å². The number of ketones is 1. The van der Waals surface area contributed by atoms with E-state index in [2.05, 4.69) is 6.92 Å². The van der Waals surface area contributed by atoms with Crippen LogP contribution in [0.1, 0.15) is 86.2 Å². The number of phenolic OH excluding ortho intramolecular Hbond substituents is 1. The monoisotopic (exact) mass is 558 g/mol. The number of phenols is 1. The Balaban J connectivity index is 2.20.